The number of hydrogen-bond donors (Lipinski definition) is 2. The number of aromatic nitrogens is 4. The maximum absolute atomic E-state index is 12.0. The fourth-order valence-electron chi connectivity index (χ4n) is 1.72. The number of fused-ring (bicyclic) bond motifs is 1. The van der Waals surface area contributed by atoms with E-state index in [1.807, 2.05) is 0 Å². The molecule has 0 aliphatic rings. The van der Waals surface area contributed by atoms with Gasteiger partial charge in [0.05, 0.1) is 0 Å². The minimum Gasteiger partial charge on any atom is -0.480 e. The van der Waals surface area contributed by atoms with Crippen LogP contribution in [0.5, 0.6) is 0 Å². The quantitative estimate of drug-likeness (QED) is 0.747. The van der Waals surface area contributed by atoms with Crippen LogP contribution < -0.4 is 5.32 Å². The average Bonchev–Trinajstić information content (AvgIpc) is 2.88. The molecule has 0 aliphatic heterocycles. The largest absolute Gasteiger partial charge is 0.480 e. The van der Waals surface area contributed by atoms with Crippen molar-refractivity contribution in [1.82, 2.24) is 24.9 Å². The summed E-state index contributed by atoms with van der Waals surface area (Å²) in [5.41, 5.74) is 0.765. The molecule has 2 rings (SSSR count). The molecule has 0 radical (unpaired) electrons. The molecule has 2 heterocycles. The van der Waals surface area contributed by atoms with E-state index in [4.69, 9.17) is 9.84 Å². The van der Waals surface area contributed by atoms with Crippen LogP contribution in [0.2, 0.25) is 0 Å². The molecule has 0 spiro atoms. The number of hydrogen-bond acceptors (Lipinski definition) is 6. The molecule has 1 amide bonds. The molecular weight excluding hydrogens is 278 g/mol. The Balaban J connectivity index is 2.17. The highest BCUT2D eigenvalue weighted by Crippen LogP contribution is 2.03. The molecule has 1 atom stereocenters. The molecule has 1 unspecified atom stereocenters. The summed E-state index contributed by atoms with van der Waals surface area (Å²) in [6.07, 6.45) is 1.71. The lowest BCUT2D eigenvalue weighted by Crippen LogP contribution is -2.41. The van der Waals surface area contributed by atoms with Gasteiger partial charge in [-0.25, -0.2) is 14.3 Å². The van der Waals surface area contributed by atoms with E-state index in [1.54, 1.807) is 19.2 Å². The first-order valence-corrected chi connectivity index (χ1v) is 6.24. The number of methoxy groups -OCH3 is 1. The van der Waals surface area contributed by atoms with Crippen LogP contribution in [0, 0.1) is 6.92 Å². The molecule has 2 aromatic rings. The summed E-state index contributed by atoms with van der Waals surface area (Å²) in [7, 11) is 1.46. The summed E-state index contributed by atoms with van der Waals surface area (Å²) in [5, 5.41) is 15.4. The lowest BCUT2D eigenvalue weighted by atomic mass is 10.2. The van der Waals surface area contributed by atoms with Gasteiger partial charge in [-0.1, -0.05) is 0 Å². The first-order valence-electron chi connectivity index (χ1n) is 6.24. The van der Waals surface area contributed by atoms with Crippen LogP contribution in [0.25, 0.3) is 5.78 Å². The maximum atomic E-state index is 12.0. The minimum atomic E-state index is -1.14. The summed E-state index contributed by atoms with van der Waals surface area (Å²) in [6, 6.07) is 0.667. The third-order valence-electron chi connectivity index (χ3n) is 2.85. The molecule has 0 aliphatic carbocycles. The molecule has 0 saturated heterocycles. The maximum Gasteiger partial charge on any atom is 0.326 e. The molecule has 9 nitrogen and oxygen atoms in total. The van der Waals surface area contributed by atoms with Gasteiger partial charge in [0.2, 0.25) is 5.82 Å². The monoisotopic (exact) mass is 293 g/mol. The van der Waals surface area contributed by atoms with Gasteiger partial charge in [0, 0.05) is 32.0 Å². The zero-order valence-electron chi connectivity index (χ0n) is 11.6. The standard InChI is InChI=1S/C12H15N5O4/c1-7-3-5-13-12-15-9(16-17(7)12)10(18)14-8(11(19)20)4-6-21-2/h3,5,8H,4,6H2,1-2H3,(H,14,18)(H,19,20). The summed E-state index contributed by atoms with van der Waals surface area (Å²) in [5.74, 6) is -1.65. The van der Waals surface area contributed by atoms with E-state index in [-0.39, 0.29) is 24.6 Å². The lowest BCUT2D eigenvalue weighted by molar-refractivity contribution is -0.139. The second-order valence-electron chi connectivity index (χ2n) is 4.38. The Bertz CT molecular complexity index is 669. The summed E-state index contributed by atoms with van der Waals surface area (Å²) in [6.45, 7) is 2.01. The lowest BCUT2D eigenvalue weighted by Gasteiger charge is -2.12. The number of carboxylic acid groups (broad SMARTS) is 1. The van der Waals surface area contributed by atoms with Crippen LogP contribution in [0.1, 0.15) is 22.7 Å². The highest BCUT2D eigenvalue weighted by Gasteiger charge is 2.23. The third kappa shape index (κ3) is 3.31. The molecule has 0 aromatic carbocycles. The van der Waals surface area contributed by atoms with Crippen molar-refractivity contribution in [2.75, 3.05) is 13.7 Å². The van der Waals surface area contributed by atoms with E-state index < -0.39 is 17.9 Å². The van der Waals surface area contributed by atoms with Crippen molar-refractivity contribution in [2.45, 2.75) is 19.4 Å². The number of carbonyl (C=O) groups excluding carboxylic acids is 1. The number of ether oxygens (including phenoxy) is 1. The van der Waals surface area contributed by atoms with Crippen molar-refractivity contribution >= 4 is 17.7 Å². The number of nitrogens with one attached hydrogen (secondary N) is 1. The molecule has 2 N–H and O–H groups in total. The van der Waals surface area contributed by atoms with E-state index in [2.05, 4.69) is 20.4 Å². The second-order valence-corrected chi connectivity index (χ2v) is 4.38. The summed E-state index contributed by atoms with van der Waals surface area (Å²) < 4.78 is 6.23. The summed E-state index contributed by atoms with van der Waals surface area (Å²) >= 11 is 0. The van der Waals surface area contributed by atoms with Gasteiger partial charge in [-0.15, -0.1) is 5.10 Å². The van der Waals surface area contributed by atoms with Crippen LogP contribution in [0.4, 0.5) is 0 Å². The fourth-order valence-corrected chi connectivity index (χ4v) is 1.72. The zero-order valence-corrected chi connectivity index (χ0v) is 11.6. The normalized spacial score (nSPS) is 12.3. The van der Waals surface area contributed by atoms with E-state index in [0.717, 1.165) is 5.69 Å². The molecule has 0 bridgehead atoms. The number of aliphatic carboxylic acids is 1. The van der Waals surface area contributed by atoms with Crippen LogP contribution in [-0.4, -0.2) is 56.3 Å². The number of carbonyl (C=O) groups is 2. The molecular formula is C12H15N5O4. The number of rotatable bonds is 6. The van der Waals surface area contributed by atoms with Crippen molar-refractivity contribution in [1.29, 1.82) is 0 Å². The molecule has 9 heteroatoms. The van der Waals surface area contributed by atoms with Crippen LogP contribution in [0.3, 0.4) is 0 Å². The van der Waals surface area contributed by atoms with Crippen molar-refractivity contribution < 1.29 is 19.4 Å². The molecule has 0 saturated carbocycles. The smallest absolute Gasteiger partial charge is 0.326 e. The number of carboxylic acids is 1. The van der Waals surface area contributed by atoms with Crippen molar-refractivity contribution in [2.24, 2.45) is 0 Å². The van der Waals surface area contributed by atoms with Gasteiger partial charge in [0.1, 0.15) is 6.04 Å². The highest BCUT2D eigenvalue weighted by atomic mass is 16.5. The Labute approximate surface area is 120 Å². The highest BCUT2D eigenvalue weighted by molar-refractivity contribution is 5.93. The van der Waals surface area contributed by atoms with Crippen molar-refractivity contribution in [3.05, 3.63) is 23.8 Å². The molecule has 2 aromatic heterocycles. The van der Waals surface area contributed by atoms with E-state index >= 15 is 0 Å². The molecule has 112 valence electrons. The van der Waals surface area contributed by atoms with Gasteiger partial charge in [-0.05, 0) is 13.0 Å². The minimum absolute atomic E-state index is 0.125. The second kappa shape index (κ2) is 6.27. The van der Waals surface area contributed by atoms with Gasteiger partial charge in [0.25, 0.3) is 11.7 Å². The van der Waals surface area contributed by atoms with E-state index in [9.17, 15) is 9.59 Å². The average molecular weight is 293 g/mol. The SMILES string of the molecule is COCCC(NC(=O)c1nc2nccc(C)n2n1)C(=O)O. The van der Waals surface area contributed by atoms with E-state index in [0.29, 0.717) is 0 Å². The van der Waals surface area contributed by atoms with Crippen LogP contribution in [0.15, 0.2) is 12.3 Å². The van der Waals surface area contributed by atoms with Crippen LogP contribution >= 0.6 is 0 Å². The van der Waals surface area contributed by atoms with Gasteiger partial charge in [-0.3, -0.25) is 4.79 Å². The first kappa shape index (κ1) is 14.9. The zero-order chi connectivity index (χ0) is 15.4. The molecule has 0 fully saturated rings. The van der Waals surface area contributed by atoms with Gasteiger partial charge < -0.3 is 15.2 Å². The first-order chi connectivity index (χ1) is 10.0. The topological polar surface area (TPSA) is 119 Å². The van der Waals surface area contributed by atoms with Crippen molar-refractivity contribution in [3.63, 3.8) is 0 Å². The van der Waals surface area contributed by atoms with Gasteiger partial charge in [-0.2, -0.15) is 4.98 Å². The third-order valence-corrected chi connectivity index (χ3v) is 2.85. The van der Waals surface area contributed by atoms with Crippen molar-refractivity contribution in [3.8, 4) is 0 Å². The molecule has 21 heavy (non-hydrogen) atoms. The fraction of sp³-hybridized carbons (Fsp3) is 0.417. The predicted octanol–water partition coefficient (Wildman–Crippen LogP) is -0.348. The van der Waals surface area contributed by atoms with Crippen LogP contribution in [-0.2, 0) is 9.53 Å². The number of nitrogens with zero attached hydrogens (tertiary/aromatic N) is 4. The Hall–Kier alpha value is -2.55. The number of aryl methyl sites for hydroxylation is 1. The van der Waals surface area contributed by atoms with E-state index in [1.165, 1.54) is 11.6 Å². The Morgan fingerprint density at radius 2 is 2.29 bits per heavy atom. The summed E-state index contributed by atoms with van der Waals surface area (Å²) in [4.78, 5) is 31.0. The Morgan fingerprint density at radius 1 is 1.52 bits per heavy atom. The number of amides is 1. The Kier molecular flexibility index (Phi) is 4.43. The van der Waals surface area contributed by atoms with Gasteiger partial charge >= 0.3 is 5.97 Å². The Morgan fingerprint density at radius 3 is 2.90 bits per heavy atom. The predicted molar refractivity (Wildman–Crippen MR) is 70.9 cm³/mol. The van der Waals surface area contributed by atoms with Gasteiger partial charge in [0.15, 0.2) is 0 Å².